The van der Waals surface area contributed by atoms with Crippen LogP contribution in [0.3, 0.4) is 0 Å². The summed E-state index contributed by atoms with van der Waals surface area (Å²) in [7, 11) is 0. The van der Waals surface area contributed by atoms with Crippen LogP contribution in [0.5, 0.6) is 0 Å². The minimum Gasteiger partial charge on any atom is -0.370 e. The van der Waals surface area contributed by atoms with Gasteiger partial charge >= 0.3 is 6.18 Å². The van der Waals surface area contributed by atoms with Gasteiger partial charge in [0.1, 0.15) is 6.07 Å². The maximum Gasteiger partial charge on any atom is 0.416 e. The number of alkyl halides is 3. The lowest BCUT2D eigenvalue weighted by atomic mass is 9.96. The molecule has 2 N–H and O–H groups in total. The van der Waals surface area contributed by atoms with Crippen molar-refractivity contribution in [2.24, 2.45) is 11.7 Å². The summed E-state index contributed by atoms with van der Waals surface area (Å²) in [6.45, 7) is 0.916. The number of hydrogen-bond donors (Lipinski definition) is 1. The van der Waals surface area contributed by atoms with E-state index in [-0.39, 0.29) is 11.5 Å². The number of benzene rings is 1. The highest BCUT2D eigenvalue weighted by molar-refractivity contribution is 5.78. The van der Waals surface area contributed by atoms with Crippen LogP contribution in [0.1, 0.15) is 24.0 Å². The number of amides is 1. The van der Waals surface area contributed by atoms with E-state index in [2.05, 4.69) is 0 Å². The number of nitrogens with two attached hydrogens (primary N) is 1. The molecule has 1 aromatic carbocycles. The molecular weight excluding hydrogens is 283 g/mol. The molecule has 1 aliphatic heterocycles. The van der Waals surface area contributed by atoms with Crippen LogP contribution in [0, 0.1) is 17.2 Å². The normalized spacial score (nSPS) is 19.1. The average Bonchev–Trinajstić information content (AvgIpc) is 2.45. The first-order valence-corrected chi connectivity index (χ1v) is 6.48. The molecule has 0 saturated carbocycles. The number of carbonyl (C=O) groups excluding carboxylic acids is 1. The SMILES string of the molecule is N#Cc1cc(C(F)(F)F)ccc1N1CCCC(C(N)=O)C1. The fourth-order valence-electron chi connectivity index (χ4n) is 2.51. The smallest absolute Gasteiger partial charge is 0.370 e. The zero-order valence-electron chi connectivity index (χ0n) is 11.2. The zero-order chi connectivity index (χ0) is 15.6. The molecule has 4 nitrogen and oxygen atoms in total. The number of hydrogen-bond acceptors (Lipinski definition) is 3. The highest BCUT2D eigenvalue weighted by Gasteiger charge is 2.32. The maximum absolute atomic E-state index is 12.7. The Kier molecular flexibility index (Phi) is 4.07. The van der Waals surface area contributed by atoms with Crippen molar-refractivity contribution >= 4 is 11.6 Å². The Morgan fingerprint density at radius 1 is 1.43 bits per heavy atom. The van der Waals surface area contributed by atoms with Crippen LogP contribution in [0.2, 0.25) is 0 Å². The van der Waals surface area contributed by atoms with Crippen LogP contribution < -0.4 is 10.6 Å². The third-order valence-corrected chi connectivity index (χ3v) is 3.61. The van der Waals surface area contributed by atoms with Gasteiger partial charge in [-0.25, -0.2) is 0 Å². The Hall–Kier alpha value is -2.23. The second kappa shape index (κ2) is 5.64. The van der Waals surface area contributed by atoms with Gasteiger partial charge in [-0.3, -0.25) is 4.79 Å². The molecule has 21 heavy (non-hydrogen) atoms. The number of nitrogens with zero attached hydrogens (tertiary/aromatic N) is 2. The number of rotatable bonds is 2. The summed E-state index contributed by atoms with van der Waals surface area (Å²) in [4.78, 5) is 13.0. The Labute approximate surface area is 119 Å². The Morgan fingerprint density at radius 3 is 2.71 bits per heavy atom. The molecule has 0 aliphatic carbocycles. The van der Waals surface area contributed by atoms with E-state index in [0.29, 0.717) is 31.6 Å². The van der Waals surface area contributed by atoms with Gasteiger partial charge in [-0.2, -0.15) is 18.4 Å². The lowest BCUT2D eigenvalue weighted by Crippen LogP contribution is -2.41. The molecule has 0 spiro atoms. The predicted molar refractivity (Wildman–Crippen MR) is 70.3 cm³/mol. The number of halogens is 3. The standard InChI is InChI=1S/C14H14F3N3O/c15-14(16,17)11-3-4-12(10(6-11)7-18)20-5-1-2-9(8-20)13(19)21/h3-4,6,9H,1-2,5,8H2,(H2,19,21). The molecule has 1 saturated heterocycles. The quantitative estimate of drug-likeness (QED) is 0.910. The summed E-state index contributed by atoms with van der Waals surface area (Å²) >= 11 is 0. The van der Waals surface area contributed by atoms with E-state index in [4.69, 9.17) is 11.0 Å². The second-order valence-corrected chi connectivity index (χ2v) is 5.03. The van der Waals surface area contributed by atoms with Crippen molar-refractivity contribution in [3.8, 4) is 6.07 Å². The summed E-state index contributed by atoms with van der Waals surface area (Å²) in [5.41, 5.74) is 4.79. The minimum absolute atomic E-state index is 0.0463. The van der Waals surface area contributed by atoms with E-state index in [1.165, 1.54) is 6.07 Å². The van der Waals surface area contributed by atoms with E-state index < -0.39 is 17.6 Å². The molecule has 1 fully saturated rings. The second-order valence-electron chi connectivity index (χ2n) is 5.03. The molecule has 1 aliphatic rings. The third-order valence-electron chi connectivity index (χ3n) is 3.61. The van der Waals surface area contributed by atoms with Crippen molar-refractivity contribution in [3.63, 3.8) is 0 Å². The summed E-state index contributed by atoms with van der Waals surface area (Å²) in [6, 6.07) is 4.86. The van der Waals surface area contributed by atoms with Gasteiger partial charge in [0.05, 0.1) is 22.7 Å². The fraction of sp³-hybridized carbons (Fsp3) is 0.429. The molecule has 0 aromatic heterocycles. The van der Waals surface area contributed by atoms with Gasteiger partial charge in [0, 0.05) is 13.1 Å². The molecule has 0 bridgehead atoms. The van der Waals surface area contributed by atoms with Gasteiger partial charge in [0.15, 0.2) is 0 Å². The zero-order valence-corrected chi connectivity index (χ0v) is 11.2. The van der Waals surface area contributed by atoms with Gasteiger partial charge in [0.2, 0.25) is 5.91 Å². The molecule has 112 valence electrons. The molecule has 1 atom stereocenters. The van der Waals surface area contributed by atoms with E-state index in [1.807, 2.05) is 0 Å². The summed E-state index contributed by atoms with van der Waals surface area (Å²) in [5, 5.41) is 9.08. The largest absolute Gasteiger partial charge is 0.416 e. The van der Waals surface area contributed by atoms with Crippen LogP contribution in [0.15, 0.2) is 18.2 Å². The molecule has 1 amide bonds. The number of primary amides is 1. The van der Waals surface area contributed by atoms with Crippen LogP contribution >= 0.6 is 0 Å². The number of nitriles is 1. The Bertz CT molecular complexity index is 592. The minimum atomic E-state index is -4.48. The maximum atomic E-state index is 12.7. The Balaban J connectivity index is 2.32. The summed E-state index contributed by atoms with van der Waals surface area (Å²) in [6.07, 6.45) is -3.12. The van der Waals surface area contributed by atoms with E-state index in [1.54, 1.807) is 11.0 Å². The first-order chi connectivity index (χ1) is 9.82. The van der Waals surface area contributed by atoms with Gasteiger partial charge in [-0.1, -0.05) is 0 Å². The summed E-state index contributed by atoms with van der Waals surface area (Å²) < 4.78 is 38.0. The molecular formula is C14H14F3N3O. The predicted octanol–water partition coefficient (Wildman–Crippen LogP) is 2.28. The highest BCUT2D eigenvalue weighted by Crippen LogP contribution is 2.33. The van der Waals surface area contributed by atoms with E-state index in [0.717, 1.165) is 12.1 Å². The van der Waals surface area contributed by atoms with Crippen molar-refractivity contribution in [2.45, 2.75) is 19.0 Å². The number of anilines is 1. The third kappa shape index (κ3) is 3.27. The Morgan fingerprint density at radius 2 is 2.14 bits per heavy atom. The van der Waals surface area contributed by atoms with Gasteiger partial charge in [0.25, 0.3) is 0 Å². The van der Waals surface area contributed by atoms with Crippen LogP contribution in [0.25, 0.3) is 0 Å². The van der Waals surface area contributed by atoms with Crippen molar-refractivity contribution in [3.05, 3.63) is 29.3 Å². The van der Waals surface area contributed by atoms with Gasteiger partial charge in [-0.15, -0.1) is 0 Å². The van der Waals surface area contributed by atoms with Crippen LogP contribution in [0.4, 0.5) is 18.9 Å². The van der Waals surface area contributed by atoms with Crippen LogP contribution in [-0.2, 0) is 11.0 Å². The van der Waals surface area contributed by atoms with Crippen molar-refractivity contribution < 1.29 is 18.0 Å². The highest BCUT2D eigenvalue weighted by atomic mass is 19.4. The van der Waals surface area contributed by atoms with Crippen molar-refractivity contribution in [1.82, 2.24) is 0 Å². The molecule has 1 aromatic rings. The average molecular weight is 297 g/mol. The molecule has 1 heterocycles. The lowest BCUT2D eigenvalue weighted by molar-refractivity contribution is -0.137. The van der Waals surface area contributed by atoms with E-state index in [9.17, 15) is 18.0 Å². The first-order valence-electron chi connectivity index (χ1n) is 6.48. The molecule has 2 rings (SSSR count). The number of carbonyl (C=O) groups is 1. The summed E-state index contributed by atoms with van der Waals surface area (Å²) in [5.74, 6) is -0.766. The number of piperidine rings is 1. The van der Waals surface area contributed by atoms with Crippen molar-refractivity contribution in [1.29, 1.82) is 5.26 Å². The topological polar surface area (TPSA) is 70.1 Å². The van der Waals surface area contributed by atoms with Crippen LogP contribution in [-0.4, -0.2) is 19.0 Å². The first kappa shape index (κ1) is 15.2. The molecule has 0 radical (unpaired) electrons. The van der Waals surface area contributed by atoms with Gasteiger partial charge < -0.3 is 10.6 Å². The molecule has 1 unspecified atom stereocenters. The van der Waals surface area contributed by atoms with Crippen molar-refractivity contribution in [2.75, 3.05) is 18.0 Å². The fourth-order valence-corrected chi connectivity index (χ4v) is 2.51. The molecule has 7 heteroatoms. The lowest BCUT2D eigenvalue weighted by Gasteiger charge is -2.33. The van der Waals surface area contributed by atoms with E-state index >= 15 is 0 Å². The van der Waals surface area contributed by atoms with Gasteiger partial charge in [-0.05, 0) is 31.0 Å². The monoisotopic (exact) mass is 297 g/mol.